The molecule has 1 atom stereocenters. The maximum absolute atomic E-state index is 12.2. The van der Waals surface area contributed by atoms with Crippen molar-refractivity contribution in [3.8, 4) is 6.07 Å². The number of hydrogen-bond donors (Lipinski definition) is 0. The van der Waals surface area contributed by atoms with E-state index < -0.39 is 0 Å². The van der Waals surface area contributed by atoms with Gasteiger partial charge in [0.05, 0.1) is 18.7 Å². The highest BCUT2D eigenvalue weighted by molar-refractivity contribution is 5.78. The number of amides is 1. The number of rotatable bonds is 5. The summed E-state index contributed by atoms with van der Waals surface area (Å²) < 4.78 is 0. The Labute approximate surface area is 115 Å². The molecular weight excluding hydrogens is 240 g/mol. The molecule has 0 aromatic rings. The number of likely N-dealkylation sites (N-methyl/N-ethyl adjacent to an activating group) is 1. The molecule has 106 valence electrons. The van der Waals surface area contributed by atoms with Gasteiger partial charge < -0.3 is 4.90 Å². The Morgan fingerprint density at radius 1 is 1.37 bits per heavy atom. The third-order valence-corrected chi connectivity index (χ3v) is 4.15. The van der Waals surface area contributed by atoms with Crippen molar-refractivity contribution in [3.63, 3.8) is 0 Å². The van der Waals surface area contributed by atoms with Crippen molar-refractivity contribution in [1.82, 2.24) is 14.7 Å². The zero-order valence-electron chi connectivity index (χ0n) is 12.0. The van der Waals surface area contributed by atoms with Gasteiger partial charge in [0.15, 0.2) is 0 Å². The lowest BCUT2D eigenvalue weighted by molar-refractivity contribution is -0.133. The quantitative estimate of drug-likeness (QED) is 0.727. The third kappa shape index (κ3) is 3.68. The molecule has 0 N–H and O–H groups in total. The normalized spacial score (nSPS) is 22.8. The van der Waals surface area contributed by atoms with Crippen LogP contribution in [0.25, 0.3) is 0 Å². The molecule has 0 aromatic carbocycles. The summed E-state index contributed by atoms with van der Waals surface area (Å²) in [6.07, 6.45) is 2.35. The van der Waals surface area contributed by atoms with Crippen LogP contribution in [0.2, 0.25) is 0 Å². The van der Waals surface area contributed by atoms with Crippen LogP contribution in [0.5, 0.6) is 0 Å². The molecule has 1 amide bonds. The summed E-state index contributed by atoms with van der Waals surface area (Å²) in [5, 5.41) is 8.90. The van der Waals surface area contributed by atoms with Gasteiger partial charge in [0.25, 0.3) is 0 Å². The first-order valence-corrected chi connectivity index (χ1v) is 7.31. The van der Waals surface area contributed by atoms with Crippen LogP contribution < -0.4 is 0 Å². The van der Waals surface area contributed by atoms with Gasteiger partial charge in [-0.1, -0.05) is 0 Å². The van der Waals surface area contributed by atoms with Gasteiger partial charge in [-0.05, 0) is 26.7 Å². The van der Waals surface area contributed by atoms with Crippen LogP contribution >= 0.6 is 0 Å². The largest absolute Gasteiger partial charge is 0.339 e. The molecule has 5 heteroatoms. The zero-order chi connectivity index (χ0) is 13.8. The van der Waals surface area contributed by atoms with E-state index in [1.54, 1.807) is 0 Å². The smallest absolute Gasteiger partial charge is 0.236 e. The maximum atomic E-state index is 12.2. The molecule has 2 fully saturated rings. The fourth-order valence-electron chi connectivity index (χ4n) is 2.70. The highest BCUT2D eigenvalue weighted by Crippen LogP contribution is 2.26. The molecule has 2 rings (SSSR count). The van der Waals surface area contributed by atoms with Gasteiger partial charge in [-0.3, -0.25) is 14.6 Å². The van der Waals surface area contributed by atoms with Crippen LogP contribution in [0.15, 0.2) is 0 Å². The monoisotopic (exact) mass is 264 g/mol. The van der Waals surface area contributed by atoms with Gasteiger partial charge in [-0.15, -0.1) is 0 Å². The lowest BCUT2D eigenvalue weighted by Gasteiger charge is -2.36. The van der Waals surface area contributed by atoms with Crippen LogP contribution in [-0.2, 0) is 4.79 Å². The van der Waals surface area contributed by atoms with Crippen LogP contribution in [0.3, 0.4) is 0 Å². The molecular formula is C14H24N4O. The van der Waals surface area contributed by atoms with Crippen molar-refractivity contribution >= 4 is 5.91 Å². The minimum absolute atomic E-state index is 0.0172. The average Bonchev–Trinajstić information content (AvgIpc) is 3.24. The third-order valence-electron chi connectivity index (χ3n) is 4.15. The molecule has 2 aliphatic rings. The van der Waals surface area contributed by atoms with Crippen LogP contribution in [0.1, 0.15) is 26.7 Å². The molecule has 1 aliphatic heterocycles. The number of hydrogen-bond acceptors (Lipinski definition) is 4. The first kappa shape index (κ1) is 14.3. The summed E-state index contributed by atoms with van der Waals surface area (Å²) in [6, 6.07) is 2.77. The molecule has 1 saturated heterocycles. The second-order valence-electron chi connectivity index (χ2n) is 5.53. The molecule has 1 aliphatic carbocycles. The van der Waals surface area contributed by atoms with Crippen LogP contribution in [0.4, 0.5) is 0 Å². The SMILES string of the molecule is CCN(C(=O)CN1CCN(C(C)C#N)CC1)C1CC1. The fourth-order valence-corrected chi connectivity index (χ4v) is 2.70. The van der Waals surface area contributed by atoms with Gasteiger partial charge in [-0.2, -0.15) is 5.26 Å². The van der Waals surface area contributed by atoms with Crippen molar-refractivity contribution in [2.24, 2.45) is 0 Å². The Bertz CT molecular complexity index is 353. The van der Waals surface area contributed by atoms with Crippen LogP contribution in [-0.4, -0.2) is 72.0 Å². The van der Waals surface area contributed by atoms with E-state index in [2.05, 4.69) is 22.8 Å². The van der Waals surface area contributed by atoms with Gasteiger partial charge >= 0.3 is 0 Å². The lowest BCUT2D eigenvalue weighted by Crippen LogP contribution is -2.52. The topological polar surface area (TPSA) is 50.6 Å². The van der Waals surface area contributed by atoms with Crippen molar-refractivity contribution < 1.29 is 4.79 Å². The molecule has 0 spiro atoms. The number of carbonyl (C=O) groups is 1. The fraction of sp³-hybridized carbons (Fsp3) is 0.857. The molecule has 19 heavy (non-hydrogen) atoms. The molecule has 1 heterocycles. The molecule has 0 radical (unpaired) electrons. The number of nitriles is 1. The summed E-state index contributed by atoms with van der Waals surface area (Å²) in [6.45, 7) is 8.92. The Balaban J connectivity index is 1.76. The van der Waals surface area contributed by atoms with Crippen molar-refractivity contribution in [2.75, 3.05) is 39.3 Å². The Hall–Kier alpha value is -1.12. The van der Waals surface area contributed by atoms with Gasteiger partial charge in [0.2, 0.25) is 5.91 Å². The van der Waals surface area contributed by atoms with E-state index >= 15 is 0 Å². The van der Waals surface area contributed by atoms with E-state index in [-0.39, 0.29) is 11.9 Å². The highest BCUT2D eigenvalue weighted by Gasteiger charge is 2.32. The second-order valence-corrected chi connectivity index (χ2v) is 5.53. The standard InChI is InChI=1S/C14H24N4O/c1-3-18(13-4-5-13)14(19)11-16-6-8-17(9-7-16)12(2)10-15/h12-13H,3-9,11H2,1-2H3. The number of nitrogens with zero attached hydrogens (tertiary/aromatic N) is 4. The summed E-state index contributed by atoms with van der Waals surface area (Å²) in [5.41, 5.74) is 0. The maximum Gasteiger partial charge on any atom is 0.236 e. The second kappa shape index (κ2) is 6.36. The summed E-state index contributed by atoms with van der Waals surface area (Å²) in [7, 11) is 0. The van der Waals surface area contributed by atoms with Crippen molar-refractivity contribution in [2.45, 2.75) is 38.8 Å². The zero-order valence-corrected chi connectivity index (χ0v) is 12.0. The minimum Gasteiger partial charge on any atom is -0.339 e. The van der Waals surface area contributed by atoms with E-state index in [0.29, 0.717) is 12.6 Å². The average molecular weight is 264 g/mol. The van der Waals surface area contributed by atoms with Gasteiger partial charge in [-0.25, -0.2) is 0 Å². The minimum atomic E-state index is -0.0172. The van der Waals surface area contributed by atoms with Crippen molar-refractivity contribution in [3.05, 3.63) is 0 Å². The Morgan fingerprint density at radius 3 is 2.47 bits per heavy atom. The highest BCUT2D eigenvalue weighted by atomic mass is 16.2. The van der Waals surface area contributed by atoms with E-state index in [1.165, 1.54) is 12.8 Å². The van der Waals surface area contributed by atoms with Gasteiger partial charge in [0.1, 0.15) is 0 Å². The number of piperazine rings is 1. The molecule has 1 saturated carbocycles. The van der Waals surface area contributed by atoms with Crippen molar-refractivity contribution in [1.29, 1.82) is 5.26 Å². The van der Waals surface area contributed by atoms with E-state index in [4.69, 9.17) is 5.26 Å². The summed E-state index contributed by atoms with van der Waals surface area (Å²) >= 11 is 0. The molecule has 1 unspecified atom stereocenters. The molecule has 0 bridgehead atoms. The lowest BCUT2D eigenvalue weighted by atomic mass is 10.2. The van der Waals surface area contributed by atoms with E-state index in [1.807, 2.05) is 11.8 Å². The number of carbonyl (C=O) groups excluding carboxylic acids is 1. The van der Waals surface area contributed by atoms with E-state index in [0.717, 1.165) is 32.7 Å². The van der Waals surface area contributed by atoms with Gasteiger partial charge in [0, 0.05) is 38.8 Å². The Kier molecular flexibility index (Phi) is 4.78. The summed E-state index contributed by atoms with van der Waals surface area (Å²) in [4.78, 5) is 18.6. The van der Waals surface area contributed by atoms with Crippen LogP contribution in [0, 0.1) is 11.3 Å². The summed E-state index contributed by atoms with van der Waals surface area (Å²) in [5.74, 6) is 0.270. The predicted molar refractivity (Wildman–Crippen MR) is 73.5 cm³/mol. The Morgan fingerprint density at radius 2 is 2.00 bits per heavy atom. The molecule has 0 aromatic heterocycles. The first-order valence-electron chi connectivity index (χ1n) is 7.31. The molecule has 5 nitrogen and oxygen atoms in total. The first-order chi connectivity index (χ1) is 9.15. The predicted octanol–water partition coefficient (Wildman–Crippen LogP) is 0.527. The van der Waals surface area contributed by atoms with E-state index in [9.17, 15) is 4.79 Å².